The summed E-state index contributed by atoms with van der Waals surface area (Å²) in [4.78, 5) is 18.2. The molecule has 1 aliphatic rings. The van der Waals surface area contributed by atoms with Gasteiger partial charge >= 0.3 is 0 Å². The minimum Gasteiger partial charge on any atom is -0.487 e. The first-order valence-corrected chi connectivity index (χ1v) is 8.38. The molecule has 1 amide bonds. The lowest BCUT2D eigenvalue weighted by Crippen LogP contribution is -2.31. The molecule has 0 N–H and O–H groups in total. The van der Waals surface area contributed by atoms with E-state index in [2.05, 4.69) is 10.1 Å². The van der Waals surface area contributed by atoms with Gasteiger partial charge in [-0.1, -0.05) is 16.8 Å². The molecular formula is C17H20ClN3O3. The van der Waals surface area contributed by atoms with Crippen molar-refractivity contribution in [1.29, 1.82) is 0 Å². The predicted molar refractivity (Wildman–Crippen MR) is 89.2 cm³/mol. The number of carbonyl (C=O) groups is 1. The number of hydrogen-bond acceptors (Lipinski definition) is 5. The lowest BCUT2D eigenvalue weighted by Gasteiger charge is -2.17. The molecule has 0 radical (unpaired) electrons. The number of carbonyl (C=O) groups excluding carboxylic acids is 1. The van der Waals surface area contributed by atoms with Gasteiger partial charge in [0, 0.05) is 43.4 Å². The second kappa shape index (κ2) is 7.21. The second-order valence-electron chi connectivity index (χ2n) is 5.98. The van der Waals surface area contributed by atoms with Crippen LogP contribution in [0, 0.1) is 13.8 Å². The lowest BCUT2D eigenvalue weighted by atomic mass is 10.1. The van der Waals surface area contributed by atoms with Crippen LogP contribution in [0.3, 0.4) is 0 Å². The molecule has 1 saturated heterocycles. The van der Waals surface area contributed by atoms with Crippen molar-refractivity contribution in [2.75, 3.05) is 13.1 Å². The molecule has 1 atom stereocenters. The summed E-state index contributed by atoms with van der Waals surface area (Å²) in [6.45, 7) is 5.05. The average Bonchev–Trinajstić information content (AvgIpc) is 3.15. The van der Waals surface area contributed by atoms with Crippen LogP contribution in [0.2, 0.25) is 5.02 Å². The van der Waals surface area contributed by atoms with Gasteiger partial charge in [-0.25, -0.2) is 0 Å². The molecule has 0 saturated carbocycles. The van der Waals surface area contributed by atoms with Crippen molar-refractivity contribution in [1.82, 2.24) is 15.0 Å². The van der Waals surface area contributed by atoms with E-state index >= 15 is 0 Å². The van der Waals surface area contributed by atoms with Crippen LogP contribution in [0.4, 0.5) is 0 Å². The molecule has 0 aliphatic carbocycles. The van der Waals surface area contributed by atoms with Crippen molar-refractivity contribution in [3.63, 3.8) is 0 Å². The summed E-state index contributed by atoms with van der Waals surface area (Å²) >= 11 is 6.06. The highest BCUT2D eigenvalue weighted by atomic mass is 35.5. The molecule has 2 aromatic rings. The van der Waals surface area contributed by atoms with E-state index in [1.54, 1.807) is 18.5 Å². The molecule has 1 unspecified atom stereocenters. The van der Waals surface area contributed by atoms with E-state index in [4.69, 9.17) is 20.9 Å². The first-order chi connectivity index (χ1) is 11.5. The fourth-order valence-corrected chi connectivity index (χ4v) is 3.10. The summed E-state index contributed by atoms with van der Waals surface area (Å²) in [6, 6.07) is 1.74. The van der Waals surface area contributed by atoms with Gasteiger partial charge in [0.25, 0.3) is 0 Å². The molecule has 0 bridgehead atoms. The van der Waals surface area contributed by atoms with Crippen LogP contribution in [-0.2, 0) is 11.2 Å². The third-order valence-corrected chi connectivity index (χ3v) is 4.58. The van der Waals surface area contributed by atoms with Gasteiger partial charge in [-0.05, 0) is 20.3 Å². The Morgan fingerprint density at radius 3 is 3.04 bits per heavy atom. The topological polar surface area (TPSA) is 68.5 Å². The normalized spacial score (nSPS) is 17.3. The number of rotatable bonds is 5. The van der Waals surface area contributed by atoms with E-state index < -0.39 is 0 Å². The van der Waals surface area contributed by atoms with Gasteiger partial charge in [0.2, 0.25) is 5.91 Å². The Morgan fingerprint density at radius 2 is 2.33 bits per heavy atom. The van der Waals surface area contributed by atoms with Crippen molar-refractivity contribution < 1.29 is 14.1 Å². The number of likely N-dealkylation sites (tertiary alicyclic amines) is 1. The van der Waals surface area contributed by atoms with E-state index in [0.29, 0.717) is 36.7 Å². The Balaban J connectivity index is 1.52. The first-order valence-electron chi connectivity index (χ1n) is 8.00. The standard InChI is InChI=1S/C17H20ClN3O3/c1-11-14(12(2)24-20-11)3-4-17(22)21-8-6-13(10-21)23-16-5-7-19-9-15(16)18/h5,7,9,13H,3-4,6,8,10H2,1-2H3. The van der Waals surface area contributed by atoms with E-state index in [-0.39, 0.29) is 12.0 Å². The number of halogens is 1. The van der Waals surface area contributed by atoms with Gasteiger partial charge in [0.15, 0.2) is 0 Å². The molecule has 7 heteroatoms. The molecule has 0 spiro atoms. The Bertz CT molecular complexity index is 712. The van der Waals surface area contributed by atoms with Crippen LogP contribution < -0.4 is 4.74 Å². The monoisotopic (exact) mass is 349 g/mol. The van der Waals surface area contributed by atoms with Crippen molar-refractivity contribution >= 4 is 17.5 Å². The van der Waals surface area contributed by atoms with Crippen molar-refractivity contribution in [2.24, 2.45) is 0 Å². The zero-order chi connectivity index (χ0) is 17.1. The highest BCUT2D eigenvalue weighted by Gasteiger charge is 2.28. The van der Waals surface area contributed by atoms with Gasteiger partial charge in [-0.3, -0.25) is 9.78 Å². The zero-order valence-electron chi connectivity index (χ0n) is 13.8. The molecule has 1 aliphatic heterocycles. The number of aryl methyl sites for hydroxylation is 2. The van der Waals surface area contributed by atoms with Gasteiger partial charge in [0.1, 0.15) is 22.6 Å². The third-order valence-electron chi connectivity index (χ3n) is 4.30. The molecular weight excluding hydrogens is 330 g/mol. The zero-order valence-corrected chi connectivity index (χ0v) is 14.5. The predicted octanol–water partition coefficient (Wildman–Crippen LogP) is 2.95. The molecule has 3 heterocycles. The number of pyridine rings is 1. The fourth-order valence-electron chi connectivity index (χ4n) is 2.94. The second-order valence-corrected chi connectivity index (χ2v) is 6.38. The summed E-state index contributed by atoms with van der Waals surface area (Å²) in [5.74, 6) is 1.53. The van der Waals surface area contributed by atoms with E-state index in [1.165, 1.54) is 0 Å². The Hall–Kier alpha value is -2.08. The minimum absolute atomic E-state index is 0.0343. The lowest BCUT2D eigenvalue weighted by molar-refractivity contribution is -0.130. The number of ether oxygens (including phenoxy) is 1. The van der Waals surface area contributed by atoms with Crippen LogP contribution in [-0.4, -0.2) is 40.1 Å². The Morgan fingerprint density at radius 1 is 1.50 bits per heavy atom. The van der Waals surface area contributed by atoms with Crippen molar-refractivity contribution in [3.8, 4) is 5.75 Å². The van der Waals surface area contributed by atoms with Gasteiger partial charge in [-0.15, -0.1) is 0 Å². The number of nitrogens with zero attached hydrogens (tertiary/aromatic N) is 3. The minimum atomic E-state index is -0.0343. The molecule has 3 rings (SSSR count). The van der Waals surface area contributed by atoms with Gasteiger partial charge in [0.05, 0.1) is 12.2 Å². The smallest absolute Gasteiger partial charge is 0.223 e. The average molecular weight is 350 g/mol. The van der Waals surface area contributed by atoms with E-state index in [0.717, 1.165) is 23.4 Å². The highest BCUT2D eigenvalue weighted by molar-refractivity contribution is 6.31. The molecule has 1 fully saturated rings. The van der Waals surface area contributed by atoms with Crippen molar-refractivity contribution in [2.45, 2.75) is 39.2 Å². The van der Waals surface area contributed by atoms with E-state index in [1.807, 2.05) is 18.7 Å². The quantitative estimate of drug-likeness (QED) is 0.830. The van der Waals surface area contributed by atoms with Crippen molar-refractivity contribution in [3.05, 3.63) is 40.5 Å². The molecule has 24 heavy (non-hydrogen) atoms. The van der Waals surface area contributed by atoms with Crippen LogP contribution in [0.1, 0.15) is 29.9 Å². The van der Waals surface area contributed by atoms with Gasteiger partial charge < -0.3 is 14.2 Å². The molecule has 2 aromatic heterocycles. The Labute approximate surface area is 145 Å². The SMILES string of the molecule is Cc1noc(C)c1CCC(=O)N1CCC(Oc2ccncc2Cl)C1. The Kier molecular flexibility index (Phi) is 5.04. The number of amides is 1. The maximum absolute atomic E-state index is 12.4. The molecule has 6 nitrogen and oxygen atoms in total. The van der Waals surface area contributed by atoms with E-state index in [9.17, 15) is 4.79 Å². The van der Waals surface area contributed by atoms with Gasteiger partial charge in [-0.2, -0.15) is 0 Å². The van der Waals surface area contributed by atoms with Crippen LogP contribution in [0.25, 0.3) is 0 Å². The number of aromatic nitrogens is 2. The summed E-state index contributed by atoms with van der Waals surface area (Å²) in [7, 11) is 0. The first kappa shape index (κ1) is 16.8. The molecule has 0 aromatic carbocycles. The maximum atomic E-state index is 12.4. The highest BCUT2D eigenvalue weighted by Crippen LogP contribution is 2.26. The van der Waals surface area contributed by atoms with Crippen LogP contribution in [0.15, 0.2) is 23.0 Å². The molecule has 128 valence electrons. The van der Waals surface area contributed by atoms with Crippen LogP contribution in [0.5, 0.6) is 5.75 Å². The largest absolute Gasteiger partial charge is 0.487 e. The third kappa shape index (κ3) is 3.70. The number of hydrogen-bond donors (Lipinski definition) is 0. The summed E-state index contributed by atoms with van der Waals surface area (Å²) < 4.78 is 11.0. The summed E-state index contributed by atoms with van der Waals surface area (Å²) in [5.41, 5.74) is 1.88. The fraction of sp³-hybridized carbons (Fsp3) is 0.471. The summed E-state index contributed by atoms with van der Waals surface area (Å²) in [5, 5.41) is 4.41. The summed E-state index contributed by atoms with van der Waals surface area (Å²) in [6.07, 6.45) is 5.06. The maximum Gasteiger partial charge on any atom is 0.223 e. The van der Waals surface area contributed by atoms with Crippen LogP contribution >= 0.6 is 11.6 Å².